The maximum atomic E-state index is 12.7. The molecule has 0 radical (unpaired) electrons. The Kier molecular flexibility index (Phi) is 4.95. The molecule has 2 heterocycles. The Morgan fingerprint density at radius 1 is 1.19 bits per heavy atom. The highest BCUT2D eigenvalue weighted by molar-refractivity contribution is 6.04. The molecule has 0 fully saturated rings. The van der Waals surface area contributed by atoms with Crippen molar-refractivity contribution in [2.75, 3.05) is 11.1 Å². The number of anilines is 2. The molecular weight excluding hydrogens is 350 g/mol. The van der Waals surface area contributed by atoms with Crippen LogP contribution in [-0.2, 0) is 12.8 Å². The largest absolute Gasteiger partial charge is 0.384 e. The van der Waals surface area contributed by atoms with E-state index >= 15 is 0 Å². The Bertz CT molecular complexity index is 949. The van der Waals surface area contributed by atoms with Crippen molar-refractivity contribution in [1.29, 1.82) is 0 Å². The summed E-state index contributed by atoms with van der Waals surface area (Å²) in [6, 6.07) is 11.5. The SMILES string of the molecule is Cc1ccccc1-n1nc(C(=O)Nc2ccc(N)nc2)c2c1CCC2.Cl. The molecule has 0 saturated carbocycles. The quantitative estimate of drug-likeness (QED) is 0.741. The summed E-state index contributed by atoms with van der Waals surface area (Å²) in [5, 5.41) is 7.50. The first kappa shape index (κ1) is 17.9. The summed E-state index contributed by atoms with van der Waals surface area (Å²) < 4.78 is 1.92. The Morgan fingerprint density at radius 3 is 2.73 bits per heavy atom. The first-order chi connectivity index (χ1) is 12.1. The third-order valence-corrected chi connectivity index (χ3v) is 4.53. The van der Waals surface area contributed by atoms with Crippen LogP contribution in [0.25, 0.3) is 5.69 Å². The van der Waals surface area contributed by atoms with Crippen molar-refractivity contribution in [3.63, 3.8) is 0 Å². The van der Waals surface area contributed by atoms with Crippen LogP contribution in [0.15, 0.2) is 42.6 Å². The molecule has 1 aromatic carbocycles. The van der Waals surface area contributed by atoms with Crippen LogP contribution in [-0.4, -0.2) is 20.7 Å². The second-order valence-electron chi connectivity index (χ2n) is 6.25. The van der Waals surface area contributed by atoms with Crippen molar-refractivity contribution in [3.8, 4) is 5.69 Å². The van der Waals surface area contributed by atoms with Gasteiger partial charge in [0.15, 0.2) is 5.69 Å². The van der Waals surface area contributed by atoms with Crippen molar-refractivity contribution >= 4 is 29.8 Å². The molecule has 0 bridgehead atoms. The highest BCUT2D eigenvalue weighted by Gasteiger charge is 2.27. The van der Waals surface area contributed by atoms with E-state index < -0.39 is 0 Å². The average Bonchev–Trinajstić information content (AvgIpc) is 3.20. The number of halogens is 1. The van der Waals surface area contributed by atoms with E-state index in [0.29, 0.717) is 17.2 Å². The molecule has 1 amide bonds. The molecule has 0 aliphatic heterocycles. The first-order valence-electron chi connectivity index (χ1n) is 8.33. The highest BCUT2D eigenvalue weighted by Crippen LogP contribution is 2.29. The summed E-state index contributed by atoms with van der Waals surface area (Å²) in [6.07, 6.45) is 4.41. The topological polar surface area (TPSA) is 85.8 Å². The zero-order valence-electron chi connectivity index (χ0n) is 14.4. The lowest BCUT2D eigenvalue weighted by Crippen LogP contribution is -2.15. The lowest BCUT2D eigenvalue weighted by Gasteiger charge is -2.08. The number of nitrogens with zero attached hydrogens (tertiary/aromatic N) is 3. The number of hydrogen-bond donors (Lipinski definition) is 2. The van der Waals surface area contributed by atoms with E-state index in [9.17, 15) is 4.79 Å². The van der Waals surface area contributed by atoms with Crippen LogP contribution in [0.4, 0.5) is 11.5 Å². The van der Waals surface area contributed by atoms with Crippen LogP contribution >= 0.6 is 12.4 Å². The number of benzene rings is 1. The van der Waals surface area contributed by atoms with E-state index in [1.165, 1.54) is 0 Å². The minimum absolute atomic E-state index is 0. The monoisotopic (exact) mass is 369 g/mol. The van der Waals surface area contributed by atoms with Crippen molar-refractivity contribution in [2.45, 2.75) is 26.2 Å². The van der Waals surface area contributed by atoms with Gasteiger partial charge in [0.05, 0.1) is 17.6 Å². The maximum absolute atomic E-state index is 12.7. The molecule has 3 N–H and O–H groups in total. The molecule has 1 aliphatic carbocycles. The zero-order valence-corrected chi connectivity index (χ0v) is 15.2. The van der Waals surface area contributed by atoms with Crippen molar-refractivity contribution in [1.82, 2.24) is 14.8 Å². The number of aromatic nitrogens is 3. The van der Waals surface area contributed by atoms with Crippen LogP contribution in [0.1, 0.15) is 33.7 Å². The molecule has 26 heavy (non-hydrogen) atoms. The van der Waals surface area contributed by atoms with E-state index in [2.05, 4.69) is 28.4 Å². The number of aryl methyl sites for hydroxylation is 1. The first-order valence-corrected chi connectivity index (χ1v) is 8.33. The third-order valence-electron chi connectivity index (χ3n) is 4.53. The second kappa shape index (κ2) is 7.17. The molecule has 7 heteroatoms. The lowest BCUT2D eigenvalue weighted by atomic mass is 10.1. The van der Waals surface area contributed by atoms with Gasteiger partial charge in [-0.15, -0.1) is 12.4 Å². The number of nitrogens with two attached hydrogens (primary N) is 1. The van der Waals surface area contributed by atoms with E-state index in [1.807, 2.05) is 22.9 Å². The van der Waals surface area contributed by atoms with Gasteiger partial charge in [0.25, 0.3) is 5.91 Å². The van der Waals surface area contributed by atoms with Crippen LogP contribution < -0.4 is 11.1 Å². The number of pyridine rings is 1. The standard InChI is InChI=1S/C19H19N5O.ClH/c1-12-5-2-3-7-15(12)24-16-8-4-6-14(16)18(23-24)19(25)22-13-9-10-17(20)21-11-13;/h2-3,5,7,9-11H,4,6,8H2,1H3,(H2,20,21)(H,22,25);1H. The summed E-state index contributed by atoms with van der Waals surface area (Å²) >= 11 is 0. The average molecular weight is 370 g/mol. The Labute approximate surface area is 157 Å². The Balaban J connectivity index is 0.00000196. The molecular formula is C19H20ClN5O. The van der Waals surface area contributed by atoms with Gasteiger partial charge in [0.1, 0.15) is 5.82 Å². The van der Waals surface area contributed by atoms with Crippen LogP contribution in [0.5, 0.6) is 0 Å². The Morgan fingerprint density at radius 2 is 2.00 bits per heavy atom. The number of rotatable bonds is 3. The summed E-state index contributed by atoms with van der Waals surface area (Å²) in [4.78, 5) is 16.7. The predicted octanol–water partition coefficient (Wildman–Crippen LogP) is 3.32. The minimum atomic E-state index is -0.211. The van der Waals surface area contributed by atoms with E-state index in [1.54, 1.807) is 18.3 Å². The summed E-state index contributed by atoms with van der Waals surface area (Å²) in [6.45, 7) is 2.05. The fourth-order valence-corrected chi connectivity index (χ4v) is 3.29. The van der Waals surface area contributed by atoms with Gasteiger partial charge in [0, 0.05) is 11.3 Å². The summed E-state index contributed by atoms with van der Waals surface area (Å²) in [7, 11) is 0. The molecule has 0 spiro atoms. The van der Waals surface area contributed by atoms with E-state index in [0.717, 1.165) is 41.8 Å². The van der Waals surface area contributed by atoms with Crippen LogP contribution in [0.3, 0.4) is 0 Å². The number of para-hydroxylation sites is 1. The Hall–Kier alpha value is -2.86. The fraction of sp³-hybridized carbons (Fsp3) is 0.211. The minimum Gasteiger partial charge on any atom is -0.384 e. The van der Waals surface area contributed by atoms with E-state index in [4.69, 9.17) is 5.73 Å². The number of amides is 1. The lowest BCUT2D eigenvalue weighted by molar-refractivity contribution is 0.102. The molecule has 1 aliphatic rings. The van der Waals surface area contributed by atoms with Gasteiger partial charge in [-0.1, -0.05) is 18.2 Å². The van der Waals surface area contributed by atoms with Crippen LogP contribution in [0, 0.1) is 6.92 Å². The van der Waals surface area contributed by atoms with E-state index in [-0.39, 0.29) is 18.3 Å². The predicted molar refractivity (Wildman–Crippen MR) is 104 cm³/mol. The van der Waals surface area contributed by atoms with Gasteiger partial charge in [0.2, 0.25) is 0 Å². The molecule has 2 aromatic heterocycles. The number of carbonyl (C=O) groups is 1. The van der Waals surface area contributed by atoms with Crippen LogP contribution in [0.2, 0.25) is 0 Å². The second-order valence-corrected chi connectivity index (χ2v) is 6.25. The molecule has 6 nitrogen and oxygen atoms in total. The van der Waals surface area contributed by atoms with Crippen molar-refractivity contribution in [2.24, 2.45) is 0 Å². The van der Waals surface area contributed by atoms with Gasteiger partial charge in [-0.2, -0.15) is 5.10 Å². The molecule has 0 unspecified atom stereocenters. The maximum Gasteiger partial charge on any atom is 0.276 e. The van der Waals surface area contributed by atoms with Crippen molar-refractivity contribution < 1.29 is 4.79 Å². The van der Waals surface area contributed by atoms with Gasteiger partial charge < -0.3 is 11.1 Å². The van der Waals surface area contributed by atoms with Gasteiger partial charge >= 0.3 is 0 Å². The molecule has 3 aromatic rings. The van der Waals surface area contributed by atoms with Crippen molar-refractivity contribution in [3.05, 3.63) is 65.1 Å². The van der Waals surface area contributed by atoms with Gasteiger partial charge in [-0.3, -0.25) is 4.79 Å². The number of nitrogen functional groups attached to an aromatic ring is 1. The fourth-order valence-electron chi connectivity index (χ4n) is 3.29. The smallest absolute Gasteiger partial charge is 0.276 e. The molecule has 0 atom stereocenters. The third kappa shape index (κ3) is 3.15. The normalized spacial score (nSPS) is 12.3. The molecule has 4 rings (SSSR count). The zero-order chi connectivity index (χ0) is 17.4. The summed E-state index contributed by atoms with van der Waals surface area (Å²) in [5.74, 6) is 0.208. The summed E-state index contributed by atoms with van der Waals surface area (Å²) in [5.41, 5.74) is 11.0. The van der Waals surface area contributed by atoms with Gasteiger partial charge in [-0.05, 0) is 49.9 Å². The molecule has 134 valence electrons. The highest BCUT2D eigenvalue weighted by atomic mass is 35.5. The van der Waals surface area contributed by atoms with Gasteiger partial charge in [-0.25, -0.2) is 9.67 Å². The number of hydrogen-bond acceptors (Lipinski definition) is 4. The number of carbonyl (C=O) groups excluding carboxylic acids is 1. The molecule has 0 saturated heterocycles. The number of nitrogens with one attached hydrogen (secondary N) is 1. The number of fused-ring (bicyclic) bond motifs is 1.